The lowest BCUT2D eigenvalue weighted by atomic mass is 10.00. The third kappa shape index (κ3) is 2.07. The van der Waals surface area contributed by atoms with E-state index in [1.807, 2.05) is 17.4 Å². The zero-order valence-corrected chi connectivity index (χ0v) is 11.5. The van der Waals surface area contributed by atoms with Crippen molar-refractivity contribution in [3.8, 4) is 0 Å². The van der Waals surface area contributed by atoms with Crippen LogP contribution in [0.1, 0.15) is 42.7 Å². The molecule has 2 rings (SSSR count). The van der Waals surface area contributed by atoms with E-state index in [9.17, 15) is 0 Å². The summed E-state index contributed by atoms with van der Waals surface area (Å²) in [6.45, 7) is 10.5. The highest BCUT2D eigenvalue weighted by Crippen LogP contribution is 2.37. The number of hydrogen-bond acceptors (Lipinski definition) is 1. The second kappa shape index (κ2) is 4.89. The summed E-state index contributed by atoms with van der Waals surface area (Å²) in [6, 6.07) is 6.60. The molecule has 0 radical (unpaired) electrons. The van der Waals surface area contributed by atoms with E-state index >= 15 is 0 Å². The Bertz CT molecular complexity index is 570. The van der Waals surface area contributed by atoms with Gasteiger partial charge in [-0.1, -0.05) is 56.9 Å². The smallest absolute Gasteiger partial charge is 0.0390 e. The maximum Gasteiger partial charge on any atom is 0.0390 e. The maximum atomic E-state index is 3.92. The van der Waals surface area contributed by atoms with Gasteiger partial charge in [-0.3, -0.25) is 0 Å². The van der Waals surface area contributed by atoms with Crippen LogP contribution in [-0.2, 0) is 0 Å². The largest absolute Gasteiger partial charge is 0.135 e. The van der Waals surface area contributed by atoms with Crippen molar-refractivity contribution in [1.82, 2.24) is 0 Å². The van der Waals surface area contributed by atoms with Gasteiger partial charge >= 0.3 is 0 Å². The molecule has 1 aromatic carbocycles. The fraction of sp³-hybridized carbons (Fsp3) is 0.250. The van der Waals surface area contributed by atoms with E-state index in [1.54, 1.807) is 0 Å². The minimum absolute atomic E-state index is 0.563. The third-order valence-electron chi connectivity index (χ3n) is 2.95. The van der Waals surface area contributed by atoms with E-state index in [4.69, 9.17) is 0 Å². The number of rotatable bonds is 3. The van der Waals surface area contributed by atoms with E-state index in [2.05, 4.69) is 57.7 Å². The summed E-state index contributed by atoms with van der Waals surface area (Å²) in [6.07, 6.45) is 6.24. The summed E-state index contributed by atoms with van der Waals surface area (Å²) >= 11 is 1.85. The standard InChI is InChI=1S/C16H18S/c1-5-8-13-14-10-7-9-12(11(3)4)16(14)17-15(13)6-2/h5-11H,2H2,1,3-4H3/b8-5-. The fourth-order valence-electron chi connectivity index (χ4n) is 2.12. The van der Waals surface area contributed by atoms with Crippen LogP contribution < -0.4 is 0 Å². The van der Waals surface area contributed by atoms with Crippen LogP contribution >= 0.6 is 11.3 Å². The predicted molar refractivity (Wildman–Crippen MR) is 80.7 cm³/mol. The van der Waals surface area contributed by atoms with Crippen molar-refractivity contribution in [2.45, 2.75) is 26.7 Å². The molecule has 0 unspecified atom stereocenters. The lowest BCUT2D eigenvalue weighted by Gasteiger charge is -2.06. The Morgan fingerprint density at radius 3 is 2.65 bits per heavy atom. The van der Waals surface area contributed by atoms with Crippen molar-refractivity contribution < 1.29 is 0 Å². The highest BCUT2D eigenvalue weighted by atomic mass is 32.1. The minimum Gasteiger partial charge on any atom is -0.135 e. The van der Waals surface area contributed by atoms with E-state index in [-0.39, 0.29) is 0 Å². The molecule has 88 valence electrons. The van der Waals surface area contributed by atoms with Gasteiger partial charge in [0, 0.05) is 15.0 Å². The van der Waals surface area contributed by atoms with Crippen molar-refractivity contribution in [3.05, 3.63) is 46.9 Å². The third-order valence-corrected chi connectivity index (χ3v) is 4.22. The Kier molecular flexibility index (Phi) is 3.49. The average Bonchev–Trinajstić information content (AvgIpc) is 2.67. The van der Waals surface area contributed by atoms with Crippen LogP contribution in [0.3, 0.4) is 0 Å². The summed E-state index contributed by atoms with van der Waals surface area (Å²) in [7, 11) is 0. The zero-order valence-electron chi connectivity index (χ0n) is 10.7. The van der Waals surface area contributed by atoms with Crippen LogP contribution in [0, 0.1) is 0 Å². The quantitative estimate of drug-likeness (QED) is 0.647. The summed E-state index contributed by atoms with van der Waals surface area (Å²) in [5, 5.41) is 1.36. The number of benzene rings is 1. The molecule has 17 heavy (non-hydrogen) atoms. The molecule has 1 heterocycles. The van der Waals surface area contributed by atoms with Crippen molar-refractivity contribution in [1.29, 1.82) is 0 Å². The van der Waals surface area contributed by atoms with Crippen LogP contribution in [0.15, 0.2) is 30.9 Å². The topological polar surface area (TPSA) is 0 Å². The van der Waals surface area contributed by atoms with Gasteiger partial charge < -0.3 is 0 Å². The lowest BCUT2D eigenvalue weighted by molar-refractivity contribution is 0.878. The molecule has 0 bridgehead atoms. The normalized spacial score (nSPS) is 11.8. The molecule has 0 aliphatic rings. The Morgan fingerprint density at radius 2 is 2.06 bits per heavy atom. The van der Waals surface area contributed by atoms with Crippen molar-refractivity contribution in [3.63, 3.8) is 0 Å². The summed E-state index contributed by atoms with van der Waals surface area (Å²) in [4.78, 5) is 1.27. The number of fused-ring (bicyclic) bond motifs is 1. The Hall–Kier alpha value is -1.34. The van der Waals surface area contributed by atoms with Crippen molar-refractivity contribution in [2.75, 3.05) is 0 Å². The van der Waals surface area contributed by atoms with E-state index in [0.717, 1.165) is 0 Å². The van der Waals surface area contributed by atoms with Gasteiger partial charge in [0.15, 0.2) is 0 Å². The Morgan fingerprint density at radius 1 is 1.29 bits per heavy atom. The van der Waals surface area contributed by atoms with Gasteiger partial charge in [0.25, 0.3) is 0 Å². The molecule has 0 fully saturated rings. The van der Waals surface area contributed by atoms with Gasteiger partial charge in [-0.15, -0.1) is 11.3 Å². The first-order valence-electron chi connectivity index (χ1n) is 5.99. The monoisotopic (exact) mass is 242 g/mol. The maximum absolute atomic E-state index is 3.92. The molecule has 0 aliphatic carbocycles. The van der Waals surface area contributed by atoms with Gasteiger partial charge in [0.2, 0.25) is 0 Å². The SMILES string of the molecule is C=Cc1sc2c(C(C)C)cccc2c1/C=C\C. The van der Waals surface area contributed by atoms with Crippen molar-refractivity contribution >= 4 is 33.6 Å². The number of thiophene rings is 1. The molecule has 0 saturated heterocycles. The van der Waals surface area contributed by atoms with Crippen molar-refractivity contribution in [2.24, 2.45) is 0 Å². The van der Waals surface area contributed by atoms with Gasteiger partial charge in [0.1, 0.15) is 0 Å². The van der Waals surface area contributed by atoms with Crippen LogP contribution in [0.4, 0.5) is 0 Å². The van der Waals surface area contributed by atoms with Crippen LogP contribution in [0.2, 0.25) is 0 Å². The van der Waals surface area contributed by atoms with Crippen LogP contribution in [-0.4, -0.2) is 0 Å². The van der Waals surface area contributed by atoms with Gasteiger partial charge in [0.05, 0.1) is 0 Å². The Labute approximate surface area is 107 Å². The number of hydrogen-bond donors (Lipinski definition) is 0. The molecule has 2 aromatic rings. The van der Waals surface area contributed by atoms with Gasteiger partial charge in [-0.05, 0) is 24.0 Å². The molecule has 0 amide bonds. The molecular formula is C16H18S. The van der Waals surface area contributed by atoms with Crippen LogP contribution in [0.5, 0.6) is 0 Å². The summed E-state index contributed by atoms with van der Waals surface area (Å²) in [5.41, 5.74) is 2.75. The molecule has 0 nitrogen and oxygen atoms in total. The second-order valence-electron chi connectivity index (χ2n) is 4.46. The molecule has 0 N–H and O–H groups in total. The first kappa shape index (κ1) is 12.1. The Balaban J connectivity index is 2.81. The first-order valence-corrected chi connectivity index (χ1v) is 6.81. The van der Waals surface area contributed by atoms with Crippen LogP contribution in [0.25, 0.3) is 22.2 Å². The van der Waals surface area contributed by atoms with E-state index in [1.165, 1.54) is 26.1 Å². The fourth-order valence-corrected chi connectivity index (χ4v) is 3.42. The van der Waals surface area contributed by atoms with E-state index < -0.39 is 0 Å². The molecular weight excluding hydrogens is 224 g/mol. The van der Waals surface area contributed by atoms with Gasteiger partial charge in [-0.25, -0.2) is 0 Å². The molecule has 0 spiro atoms. The molecule has 1 aromatic heterocycles. The highest BCUT2D eigenvalue weighted by molar-refractivity contribution is 7.20. The number of allylic oxidation sites excluding steroid dienone is 1. The highest BCUT2D eigenvalue weighted by Gasteiger charge is 2.12. The second-order valence-corrected chi connectivity index (χ2v) is 5.51. The van der Waals surface area contributed by atoms with E-state index in [0.29, 0.717) is 5.92 Å². The van der Waals surface area contributed by atoms with Gasteiger partial charge in [-0.2, -0.15) is 0 Å². The lowest BCUT2D eigenvalue weighted by Crippen LogP contribution is -1.86. The summed E-state index contributed by atoms with van der Waals surface area (Å²) in [5.74, 6) is 0.563. The average molecular weight is 242 g/mol. The predicted octanol–water partition coefficient (Wildman–Crippen LogP) is 5.70. The molecule has 1 heteroatoms. The minimum atomic E-state index is 0.563. The molecule has 0 atom stereocenters. The zero-order chi connectivity index (χ0) is 12.4. The molecule has 0 aliphatic heterocycles. The summed E-state index contributed by atoms with van der Waals surface area (Å²) < 4.78 is 1.41. The molecule has 0 saturated carbocycles. The first-order chi connectivity index (χ1) is 8.19.